The van der Waals surface area contributed by atoms with Gasteiger partial charge in [-0.25, -0.2) is 4.79 Å². The first-order valence-corrected chi connectivity index (χ1v) is 16.6. The Hall–Kier alpha value is -5.07. The van der Waals surface area contributed by atoms with Gasteiger partial charge in [0.2, 0.25) is 17.9 Å². The Kier molecular flexibility index (Phi) is 9.32. The van der Waals surface area contributed by atoms with Crippen LogP contribution in [0.25, 0.3) is 10.2 Å². The second kappa shape index (κ2) is 13.7. The fourth-order valence-corrected chi connectivity index (χ4v) is 7.87. The number of fused-ring (bicyclic) bond motifs is 2. The van der Waals surface area contributed by atoms with Crippen LogP contribution in [0, 0.1) is 0 Å². The number of benzene rings is 1. The van der Waals surface area contributed by atoms with Gasteiger partial charge < -0.3 is 30.7 Å². The maximum absolute atomic E-state index is 13.8. The fraction of sp³-hybridized carbons (Fsp3) is 0.241. The van der Waals surface area contributed by atoms with Gasteiger partial charge in [-0.1, -0.05) is 28.6 Å². The van der Waals surface area contributed by atoms with Crippen LogP contribution in [0.15, 0.2) is 64.4 Å². The van der Waals surface area contributed by atoms with E-state index in [2.05, 4.69) is 25.1 Å². The highest BCUT2D eigenvalue weighted by atomic mass is 32.2. The second-order valence-electron chi connectivity index (χ2n) is 10.1. The standard InChI is InChI=1S/C29H26N8O7S3/c1-42-17-7-5-15(6-8-17)11-44-28(41)22-16(10-36-9-3-4-18-19(31-14-38)13-46-26(18)36)12-45-27-21(25(40)37(22)27)32-24(39)20(34-43-2)23-33-29(30)47-35-23/h3-9,13-14,21,27H,10-12H2,1-2H3,(H3-,30,31,32,33,35,38,39)/p+1/b34-20-/t21?,27-/m1/s1. The smallest absolute Gasteiger partial charge is 0.355 e. The molecule has 0 radical (unpaired) electrons. The van der Waals surface area contributed by atoms with Crippen molar-refractivity contribution in [2.75, 3.05) is 31.0 Å². The third-order valence-corrected chi connectivity index (χ3v) is 10.2. The number of pyridine rings is 1. The molecule has 15 nitrogen and oxygen atoms in total. The van der Waals surface area contributed by atoms with Gasteiger partial charge in [0.05, 0.1) is 18.2 Å². The number of hydrogen-bond acceptors (Lipinski definition) is 14. The first kappa shape index (κ1) is 31.9. The molecule has 3 amide bonds. The highest BCUT2D eigenvalue weighted by Crippen LogP contribution is 2.41. The van der Waals surface area contributed by atoms with Crippen LogP contribution in [0.1, 0.15) is 11.4 Å². The van der Waals surface area contributed by atoms with Crippen LogP contribution in [0.2, 0.25) is 0 Å². The van der Waals surface area contributed by atoms with Crippen molar-refractivity contribution < 1.29 is 38.1 Å². The SMILES string of the molecule is CO/N=C(\C(=O)NC1C(=O)N2C(C(=O)OCc3ccc(OC)cc3)=C(C[n+]3cccc4c(NC=O)csc43)CS[C@H]12)c1nsc(N)n1. The molecule has 4 aromatic rings. The second-order valence-corrected chi connectivity index (χ2v) is 12.8. The molecule has 1 aromatic carbocycles. The molecule has 4 N–H and O–H groups in total. The van der Waals surface area contributed by atoms with E-state index >= 15 is 0 Å². The first-order chi connectivity index (χ1) is 22.8. The van der Waals surface area contributed by atoms with Crippen LogP contribution in [0.5, 0.6) is 5.75 Å². The van der Waals surface area contributed by atoms with E-state index < -0.39 is 29.2 Å². The number of carbonyl (C=O) groups is 4. The number of nitrogens with two attached hydrogens (primary N) is 1. The van der Waals surface area contributed by atoms with Crippen molar-refractivity contribution in [1.82, 2.24) is 19.6 Å². The van der Waals surface area contributed by atoms with Crippen molar-refractivity contribution >= 4 is 85.6 Å². The van der Waals surface area contributed by atoms with E-state index in [0.717, 1.165) is 27.3 Å². The number of hydrogen-bond donors (Lipinski definition) is 3. The number of carbonyl (C=O) groups excluding carboxylic acids is 4. The Labute approximate surface area is 279 Å². The van der Waals surface area contributed by atoms with E-state index in [0.29, 0.717) is 29.2 Å². The van der Waals surface area contributed by atoms with Crippen molar-refractivity contribution in [2.45, 2.75) is 24.6 Å². The highest BCUT2D eigenvalue weighted by molar-refractivity contribution is 8.00. The third-order valence-electron chi connectivity index (χ3n) is 7.28. The van der Waals surface area contributed by atoms with Gasteiger partial charge in [0, 0.05) is 34.3 Å². The summed E-state index contributed by atoms with van der Waals surface area (Å²) in [7, 11) is 2.83. The summed E-state index contributed by atoms with van der Waals surface area (Å²) in [6.45, 7) is 0.238. The summed E-state index contributed by atoms with van der Waals surface area (Å²) in [5, 5.41) is 11.3. The van der Waals surface area contributed by atoms with Crippen molar-refractivity contribution in [1.29, 1.82) is 0 Å². The fourth-order valence-electron chi connectivity index (χ4n) is 5.10. The summed E-state index contributed by atoms with van der Waals surface area (Å²) in [6, 6.07) is 9.85. The molecule has 0 saturated carbocycles. The minimum atomic E-state index is -0.971. The molecule has 0 aliphatic carbocycles. The number of nitrogens with zero attached hydrogens (tertiary/aromatic N) is 5. The molecule has 3 aromatic heterocycles. The number of ether oxygens (including phenoxy) is 2. The Morgan fingerprint density at radius 3 is 2.74 bits per heavy atom. The molecule has 5 heterocycles. The maximum Gasteiger partial charge on any atom is 0.355 e. The number of nitrogen functional groups attached to an aromatic ring is 1. The zero-order valence-corrected chi connectivity index (χ0v) is 27.3. The Bertz CT molecular complexity index is 1920. The van der Waals surface area contributed by atoms with Gasteiger partial charge >= 0.3 is 5.97 Å². The number of nitrogens with one attached hydrogen (secondary N) is 2. The van der Waals surface area contributed by atoms with E-state index in [9.17, 15) is 19.2 Å². The average Bonchev–Trinajstić information content (AvgIpc) is 3.71. The van der Waals surface area contributed by atoms with Gasteiger partial charge in [-0.05, 0) is 23.8 Å². The van der Waals surface area contributed by atoms with E-state index in [4.69, 9.17) is 20.0 Å². The van der Waals surface area contributed by atoms with Gasteiger partial charge in [-0.3, -0.25) is 19.3 Å². The van der Waals surface area contributed by atoms with Gasteiger partial charge in [-0.2, -0.15) is 13.9 Å². The van der Waals surface area contributed by atoms with Gasteiger partial charge in [0.15, 0.2) is 17.9 Å². The van der Waals surface area contributed by atoms with E-state index in [1.54, 1.807) is 31.4 Å². The predicted molar refractivity (Wildman–Crippen MR) is 174 cm³/mol. The molecular weight excluding hydrogens is 669 g/mol. The topological polar surface area (TPSA) is 191 Å². The number of anilines is 2. The molecule has 1 fully saturated rings. The van der Waals surface area contributed by atoms with Crippen molar-refractivity contribution in [3.05, 3.63) is 70.6 Å². The van der Waals surface area contributed by atoms with Gasteiger partial charge in [0.1, 0.15) is 36.6 Å². The Morgan fingerprint density at radius 2 is 2.04 bits per heavy atom. The van der Waals surface area contributed by atoms with E-state index in [1.165, 1.54) is 35.1 Å². The summed E-state index contributed by atoms with van der Waals surface area (Å²) in [4.78, 5) is 62.8. The normalized spacial score (nSPS) is 17.5. The molecule has 2 aliphatic rings. The summed E-state index contributed by atoms with van der Waals surface area (Å²) < 4.78 is 16.9. The first-order valence-electron chi connectivity index (χ1n) is 13.9. The van der Waals surface area contributed by atoms with Crippen molar-refractivity contribution in [3.8, 4) is 5.75 Å². The quantitative estimate of drug-likeness (QED) is 0.0488. The predicted octanol–water partition coefficient (Wildman–Crippen LogP) is 1.65. The number of oxime groups is 1. The zero-order valence-electron chi connectivity index (χ0n) is 24.9. The lowest BCUT2D eigenvalue weighted by molar-refractivity contribution is -0.661. The Morgan fingerprint density at radius 1 is 1.23 bits per heavy atom. The zero-order chi connectivity index (χ0) is 33.1. The van der Waals surface area contributed by atoms with Gasteiger partial charge in [-0.15, -0.1) is 11.8 Å². The lowest BCUT2D eigenvalue weighted by Gasteiger charge is -2.49. The number of thioether (sulfide) groups is 1. The third kappa shape index (κ3) is 6.34. The number of thiophene rings is 1. The van der Waals surface area contributed by atoms with Crippen LogP contribution in [0.3, 0.4) is 0 Å². The monoisotopic (exact) mass is 695 g/mol. The number of β-lactam (4-membered cyclic amide) rings is 1. The molecule has 18 heteroatoms. The molecule has 6 rings (SSSR count). The van der Waals surface area contributed by atoms with Crippen molar-refractivity contribution in [2.24, 2.45) is 5.16 Å². The summed E-state index contributed by atoms with van der Waals surface area (Å²) in [5.74, 6) is -0.917. The molecule has 242 valence electrons. The molecule has 1 saturated heterocycles. The van der Waals surface area contributed by atoms with Crippen LogP contribution in [0.4, 0.5) is 10.8 Å². The lowest BCUT2D eigenvalue weighted by Crippen LogP contribution is -2.71. The van der Waals surface area contributed by atoms with Crippen molar-refractivity contribution in [3.63, 3.8) is 0 Å². The number of esters is 1. The molecule has 47 heavy (non-hydrogen) atoms. The molecule has 2 aliphatic heterocycles. The molecule has 0 spiro atoms. The minimum absolute atomic E-state index is 0.0331. The van der Waals surface area contributed by atoms with E-state index in [-0.39, 0.29) is 35.5 Å². The molecule has 1 unspecified atom stereocenters. The lowest BCUT2D eigenvalue weighted by atomic mass is 10.0. The number of aromatic nitrogens is 3. The van der Waals surface area contributed by atoms with Crippen LogP contribution >= 0.6 is 34.6 Å². The maximum atomic E-state index is 13.8. The molecular formula is C29H27N8O7S3+. The minimum Gasteiger partial charge on any atom is -0.497 e. The average molecular weight is 696 g/mol. The molecule has 2 atom stereocenters. The number of amides is 3. The Balaban J connectivity index is 1.28. The number of methoxy groups -OCH3 is 1. The summed E-state index contributed by atoms with van der Waals surface area (Å²) in [5.41, 5.74) is 7.61. The highest BCUT2D eigenvalue weighted by Gasteiger charge is 2.55. The number of rotatable bonds is 12. The summed E-state index contributed by atoms with van der Waals surface area (Å²) >= 11 is 3.72. The summed E-state index contributed by atoms with van der Waals surface area (Å²) in [6.07, 6.45) is 2.48. The van der Waals surface area contributed by atoms with Crippen LogP contribution in [-0.4, -0.2) is 75.6 Å². The van der Waals surface area contributed by atoms with Crippen LogP contribution < -0.4 is 25.7 Å². The van der Waals surface area contributed by atoms with Gasteiger partial charge in [0.25, 0.3) is 16.6 Å². The molecule has 0 bridgehead atoms. The van der Waals surface area contributed by atoms with Crippen LogP contribution in [-0.2, 0) is 41.9 Å². The van der Waals surface area contributed by atoms with E-state index in [1.807, 2.05) is 28.3 Å². The largest absolute Gasteiger partial charge is 0.497 e.